The van der Waals surface area contributed by atoms with Crippen LogP contribution in [0.5, 0.6) is 5.75 Å². The van der Waals surface area contributed by atoms with Crippen LogP contribution < -0.4 is 15.1 Å². The zero-order valence-electron chi connectivity index (χ0n) is 32.3. The van der Waals surface area contributed by atoms with E-state index in [2.05, 4.69) is 74.4 Å². The number of likely N-dealkylation sites (tertiary alicyclic amines) is 1. The van der Waals surface area contributed by atoms with Gasteiger partial charge in [-0.15, -0.1) is 0 Å². The molecule has 0 spiro atoms. The number of nitrogens with one attached hydrogen (secondary N) is 1. The fourth-order valence-electron chi connectivity index (χ4n) is 10.8. The van der Waals surface area contributed by atoms with Crippen LogP contribution in [-0.2, 0) is 22.6 Å². The molecule has 10 heteroatoms. The van der Waals surface area contributed by atoms with Gasteiger partial charge in [0.25, 0.3) is 5.91 Å². The number of piperazine rings is 1. The van der Waals surface area contributed by atoms with Crippen molar-refractivity contribution in [3.8, 4) is 5.75 Å². The van der Waals surface area contributed by atoms with Crippen LogP contribution in [-0.4, -0.2) is 110 Å². The zero-order chi connectivity index (χ0) is 37.6. The highest BCUT2D eigenvalue weighted by molar-refractivity contribution is 6.05. The van der Waals surface area contributed by atoms with Gasteiger partial charge < -0.3 is 24.7 Å². The number of aryl methyl sites for hydroxylation is 1. The summed E-state index contributed by atoms with van der Waals surface area (Å²) in [5, 5.41) is 12.7. The Labute approximate surface area is 325 Å². The maximum Gasteiger partial charge on any atom is 0.255 e. The average Bonchev–Trinajstić information content (AvgIpc) is 3.53. The minimum atomic E-state index is -0.582. The second-order valence-corrected chi connectivity index (χ2v) is 17.3. The van der Waals surface area contributed by atoms with Gasteiger partial charge in [0.15, 0.2) is 0 Å². The number of piperidine rings is 3. The molecule has 4 fully saturated rings. The van der Waals surface area contributed by atoms with Gasteiger partial charge in [0.2, 0.25) is 11.8 Å². The maximum atomic E-state index is 13.2. The van der Waals surface area contributed by atoms with Crippen molar-refractivity contribution in [2.75, 3.05) is 75.8 Å². The van der Waals surface area contributed by atoms with Gasteiger partial charge in [0.1, 0.15) is 11.8 Å². The van der Waals surface area contributed by atoms with E-state index in [1.54, 1.807) is 4.90 Å². The molecule has 10 nitrogen and oxygen atoms in total. The third-order valence-corrected chi connectivity index (χ3v) is 14.0. The molecule has 3 aromatic carbocycles. The fourth-order valence-corrected chi connectivity index (χ4v) is 10.8. The van der Waals surface area contributed by atoms with Crippen molar-refractivity contribution in [3.63, 3.8) is 0 Å². The Bertz CT molecular complexity index is 1910. The Balaban J connectivity index is 0.774. The van der Waals surface area contributed by atoms with Crippen LogP contribution in [0.4, 0.5) is 11.4 Å². The maximum absolute atomic E-state index is 13.2. The molecule has 3 aromatic rings. The number of imide groups is 1. The smallest absolute Gasteiger partial charge is 0.255 e. The van der Waals surface area contributed by atoms with Gasteiger partial charge in [-0.05, 0) is 148 Å². The number of hydrogen-bond donors (Lipinski definition) is 2. The lowest BCUT2D eigenvalue weighted by Crippen LogP contribution is -2.52. The van der Waals surface area contributed by atoms with Crippen molar-refractivity contribution in [2.24, 2.45) is 17.8 Å². The summed E-state index contributed by atoms with van der Waals surface area (Å²) in [4.78, 5) is 49.0. The van der Waals surface area contributed by atoms with E-state index < -0.39 is 6.04 Å². The predicted octanol–water partition coefficient (Wildman–Crippen LogP) is 5.23. The summed E-state index contributed by atoms with van der Waals surface area (Å²) in [7, 11) is 2.25. The number of fused-ring (bicyclic) bond motifs is 2. The van der Waals surface area contributed by atoms with Crippen LogP contribution in [0.1, 0.15) is 83.5 Å². The molecule has 2 N–H and O–H groups in total. The minimum Gasteiger partial charge on any atom is -0.508 e. The van der Waals surface area contributed by atoms with E-state index in [1.807, 2.05) is 18.2 Å². The van der Waals surface area contributed by atoms with Crippen LogP contribution in [0.25, 0.3) is 0 Å². The first-order valence-corrected chi connectivity index (χ1v) is 20.9. The van der Waals surface area contributed by atoms with E-state index in [0.29, 0.717) is 42.0 Å². The number of carbonyl (C=O) groups excluding carboxylic acids is 3. The first-order valence-electron chi connectivity index (χ1n) is 20.9. The van der Waals surface area contributed by atoms with E-state index in [1.165, 1.54) is 67.6 Å². The van der Waals surface area contributed by atoms with Crippen LogP contribution in [0.15, 0.2) is 60.7 Å². The Morgan fingerprint density at radius 1 is 0.709 bits per heavy atom. The number of carbonyl (C=O) groups is 3. The summed E-state index contributed by atoms with van der Waals surface area (Å²) in [5.74, 6) is 2.12. The standard InChI is InChI=1S/C45H56N6O4/c1-47-18-16-31(17-19-47)38-9-4-33-27-37(52)8-11-39(33)43(38)32-2-5-35(6-3-32)49-20-14-30(15-21-49)28-48-22-24-50(25-23-48)36-7-10-40-34(26-36)29-51(45(40)55)41-12-13-42(53)46-44(41)54/h2-3,5-8,10-11,26-27,30-31,38,41,43,52H,4,9,12-25,28-29H2,1H3,(H,46,53,54)/t38-,41?,43+/m0/s1. The normalized spacial score (nSPS) is 25.9. The first kappa shape index (κ1) is 36.2. The van der Waals surface area contributed by atoms with E-state index in [-0.39, 0.29) is 24.1 Å². The summed E-state index contributed by atoms with van der Waals surface area (Å²) in [5.41, 5.74) is 8.28. The van der Waals surface area contributed by atoms with Gasteiger partial charge in [0.05, 0.1) is 0 Å². The van der Waals surface area contributed by atoms with E-state index in [4.69, 9.17) is 0 Å². The zero-order valence-corrected chi connectivity index (χ0v) is 32.3. The van der Waals surface area contributed by atoms with Crippen molar-refractivity contribution in [3.05, 3.63) is 88.5 Å². The summed E-state index contributed by atoms with van der Waals surface area (Å²) in [6, 6.07) is 21.2. The largest absolute Gasteiger partial charge is 0.508 e. The van der Waals surface area contributed by atoms with Crippen molar-refractivity contribution >= 4 is 29.1 Å². The number of rotatable bonds is 7. The molecule has 0 aromatic heterocycles. The van der Waals surface area contributed by atoms with Crippen molar-refractivity contribution in [1.29, 1.82) is 0 Å². The molecule has 0 bridgehead atoms. The highest BCUT2D eigenvalue weighted by Crippen LogP contribution is 2.47. The predicted molar refractivity (Wildman–Crippen MR) is 215 cm³/mol. The third kappa shape index (κ3) is 7.35. The third-order valence-electron chi connectivity index (χ3n) is 14.0. The Morgan fingerprint density at radius 3 is 2.18 bits per heavy atom. The molecule has 9 rings (SSSR count). The topological polar surface area (TPSA) is 99.7 Å². The van der Waals surface area contributed by atoms with Crippen molar-refractivity contribution in [1.82, 2.24) is 20.0 Å². The number of aromatic hydroxyl groups is 1. The Kier molecular flexibility index (Phi) is 10.1. The number of hydrogen-bond acceptors (Lipinski definition) is 8. The van der Waals surface area contributed by atoms with Gasteiger partial charge in [0, 0.05) is 81.6 Å². The van der Waals surface area contributed by atoms with E-state index >= 15 is 0 Å². The first-order chi connectivity index (χ1) is 26.8. The number of phenolic OH excluding ortho intramolecular Hbond substituents is 1. The molecule has 3 amide bonds. The van der Waals surface area contributed by atoms with Crippen LogP contribution in [0.2, 0.25) is 0 Å². The number of nitrogens with zero attached hydrogens (tertiary/aromatic N) is 5. The molecule has 0 radical (unpaired) electrons. The summed E-state index contributed by atoms with van der Waals surface area (Å²) in [6.07, 6.45) is 7.89. The molecular weight excluding hydrogens is 689 g/mol. The lowest BCUT2D eigenvalue weighted by Gasteiger charge is -2.42. The Morgan fingerprint density at radius 2 is 1.44 bits per heavy atom. The molecule has 6 aliphatic rings. The van der Waals surface area contributed by atoms with Gasteiger partial charge in [-0.1, -0.05) is 18.2 Å². The molecule has 55 heavy (non-hydrogen) atoms. The monoisotopic (exact) mass is 744 g/mol. The van der Waals surface area contributed by atoms with Gasteiger partial charge >= 0.3 is 0 Å². The fraction of sp³-hybridized carbons (Fsp3) is 0.533. The summed E-state index contributed by atoms with van der Waals surface area (Å²) < 4.78 is 0. The SMILES string of the molecule is CN1CCC([C@@H]2CCc3cc(O)ccc3[C@@H]2c2ccc(N3CCC(CN4CCN(c5ccc6c(c5)CN(C5CCC(=O)NC5=O)C6=O)CC4)CC3)cc2)CC1. The van der Waals surface area contributed by atoms with Crippen LogP contribution >= 0.6 is 0 Å². The second kappa shape index (κ2) is 15.3. The number of amides is 3. The molecule has 5 heterocycles. The molecular formula is C45H56N6O4. The molecule has 290 valence electrons. The Hall–Kier alpha value is -4.41. The average molecular weight is 745 g/mol. The van der Waals surface area contributed by atoms with Crippen molar-refractivity contribution in [2.45, 2.75) is 69.9 Å². The van der Waals surface area contributed by atoms with E-state index in [0.717, 1.165) is 69.4 Å². The van der Waals surface area contributed by atoms with Crippen molar-refractivity contribution < 1.29 is 19.5 Å². The lowest BCUT2D eigenvalue weighted by atomic mass is 9.65. The summed E-state index contributed by atoms with van der Waals surface area (Å²) >= 11 is 0. The highest BCUT2D eigenvalue weighted by atomic mass is 16.3. The molecule has 5 aliphatic heterocycles. The van der Waals surface area contributed by atoms with Gasteiger partial charge in [-0.2, -0.15) is 0 Å². The molecule has 3 atom stereocenters. The second-order valence-electron chi connectivity index (χ2n) is 17.3. The quantitative estimate of drug-likeness (QED) is 0.318. The van der Waals surface area contributed by atoms with E-state index in [9.17, 15) is 19.5 Å². The van der Waals surface area contributed by atoms with Gasteiger partial charge in [-0.3, -0.25) is 24.6 Å². The highest BCUT2D eigenvalue weighted by Gasteiger charge is 2.40. The number of phenols is 1. The van der Waals surface area contributed by atoms with Gasteiger partial charge in [-0.25, -0.2) is 0 Å². The number of benzene rings is 3. The van der Waals surface area contributed by atoms with Crippen LogP contribution in [0.3, 0.4) is 0 Å². The van der Waals surface area contributed by atoms with Crippen LogP contribution in [0, 0.1) is 17.8 Å². The molecule has 4 saturated heterocycles. The summed E-state index contributed by atoms with van der Waals surface area (Å²) in [6.45, 7) is 10.1. The molecule has 0 saturated carbocycles. The lowest BCUT2D eigenvalue weighted by molar-refractivity contribution is -0.136. The number of anilines is 2. The molecule has 1 unspecified atom stereocenters. The molecule has 1 aliphatic carbocycles. The minimum absolute atomic E-state index is 0.117.